The van der Waals surface area contributed by atoms with Gasteiger partial charge in [-0.2, -0.15) is 5.26 Å². The summed E-state index contributed by atoms with van der Waals surface area (Å²) in [6.07, 6.45) is 1.71. The lowest BCUT2D eigenvalue weighted by molar-refractivity contribution is -0.131. The molecule has 0 radical (unpaired) electrons. The molecular formula is C26H36BFN4O5. The number of carbonyl (C=O) groups excluding carboxylic acids is 2. The molecule has 0 bridgehead atoms. The molecule has 11 heteroatoms. The van der Waals surface area contributed by atoms with Crippen LogP contribution in [0.25, 0.3) is 0 Å². The predicted octanol–water partition coefficient (Wildman–Crippen LogP) is 1.99. The van der Waals surface area contributed by atoms with Crippen LogP contribution in [0.1, 0.15) is 45.6 Å². The van der Waals surface area contributed by atoms with Crippen LogP contribution in [0, 0.1) is 11.3 Å². The number of nitrogens with zero attached hydrogens (tertiary/aromatic N) is 3. The Hall–Kier alpha value is -2.94. The van der Waals surface area contributed by atoms with Crippen molar-refractivity contribution in [3.05, 3.63) is 47.5 Å². The Bertz CT molecular complexity index is 1030. The van der Waals surface area contributed by atoms with Crippen molar-refractivity contribution in [1.82, 2.24) is 15.1 Å². The molecule has 0 spiro atoms. The fourth-order valence-corrected chi connectivity index (χ4v) is 5.01. The first-order valence-electron chi connectivity index (χ1n) is 12.6. The zero-order chi connectivity index (χ0) is 27.2. The fourth-order valence-electron chi connectivity index (χ4n) is 5.01. The lowest BCUT2D eigenvalue weighted by Crippen LogP contribution is -2.52. The first kappa shape index (κ1) is 28.6. The molecule has 0 saturated carbocycles. The molecule has 2 fully saturated rings. The number of benzene rings is 1. The first-order chi connectivity index (χ1) is 17.4. The van der Waals surface area contributed by atoms with Crippen LogP contribution >= 0.6 is 0 Å². The summed E-state index contributed by atoms with van der Waals surface area (Å²) >= 11 is 0. The van der Waals surface area contributed by atoms with Gasteiger partial charge >= 0.3 is 13.2 Å². The van der Waals surface area contributed by atoms with Crippen molar-refractivity contribution >= 4 is 19.1 Å². The molecule has 3 N–H and O–H groups in total. The highest BCUT2D eigenvalue weighted by Gasteiger charge is 2.43. The molecule has 9 nitrogen and oxygen atoms in total. The molecule has 0 aromatic heterocycles. The molecule has 2 heterocycles. The molecule has 1 aromatic carbocycles. The van der Waals surface area contributed by atoms with Crippen LogP contribution in [0.3, 0.4) is 0 Å². The van der Waals surface area contributed by atoms with Crippen molar-refractivity contribution in [2.24, 2.45) is 0 Å². The van der Waals surface area contributed by atoms with E-state index in [1.54, 1.807) is 17.9 Å². The van der Waals surface area contributed by atoms with Gasteiger partial charge in [0.15, 0.2) is 0 Å². The SMILES string of the molecule is CC(C)(C=C(C#N)C(=O)N1CCCC1(C)COC(=O)NC(Cc1ccccc1)B(O)O)N1CCC(F)C1. The van der Waals surface area contributed by atoms with Crippen LogP contribution in [0.5, 0.6) is 0 Å². The van der Waals surface area contributed by atoms with Crippen molar-refractivity contribution in [3.8, 4) is 6.07 Å². The van der Waals surface area contributed by atoms with Gasteiger partial charge in [0.2, 0.25) is 0 Å². The van der Waals surface area contributed by atoms with Crippen molar-refractivity contribution in [2.45, 2.75) is 69.6 Å². The van der Waals surface area contributed by atoms with Gasteiger partial charge in [-0.05, 0) is 58.1 Å². The van der Waals surface area contributed by atoms with E-state index in [-0.39, 0.29) is 25.1 Å². The second kappa shape index (κ2) is 12.1. The summed E-state index contributed by atoms with van der Waals surface area (Å²) in [5.74, 6) is -1.43. The third kappa shape index (κ3) is 7.31. The lowest BCUT2D eigenvalue weighted by atomic mass is 9.76. The Balaban J connectivity index is 1.64. The molecule has 200 valence electrons. The van der Waals surface area contributed by atoms with Crippen LogP contribution in [0.15, 0.2) is 42.0 Å². The molecule has 3 rings (SSSR count). The summed E-state index contributed by atoms with van der Waals surface area (Å²) in [5.41, 5.74) is -0.724. The van der Waals surface area contributed by atoms with Gasteiger partial charge in [-0.1, -0.05) is 30.3 Å². The van der Waals surface area contributed by atoms with E-state index in [2.05, 4.69) is 5.32 Å². The maximum atomic E-state index is 13.7. The zero-order valence-electron chi connectivity index (χ0n) is 21.7. The van der Waals surface area contributed by atoms with Gasteiger partial charge in [-0.3, -0.25) is 9.69 Å². The number of amides is 2. The smallest absolute Gasteiger partial charge is 0.447 e. The van der Waals surface area contributed by atoms with E-state index >= 15 is 0 Å². The average Bonchev–Trinajstić information content (AvgIpc) is 3.47. The van der Waals surface area contributed by atoms with E-state index in [0.717, 1.165) is 5.56 Å². The van der Waals surface area contributed by atoms with Crippen LogP contribution in [0.2, 0.25) is 0 Å². The third-order valence-corrected chi connectivity index (χ3v) is 7.26. The number of likely N-dealkylation sites (tertiary alicyclic amines) is 2. The van der Waals surface area contributed by atoms with E-state index < -0.39 is 42.3 Å². The van der Waals surface area contributed by atoms with E-state index in [0.29, 0.717) is 32.4 Å². The van der Waals surface area contributed by atoms with Crippen molar-refractivity contribution in [1.29, 1.82) is 5.26 Å². The Morgan fingerprint density at radius 1 is 1.35 bits per heavy atom. The van der Waals surface area contributed by atoms with E-state index in [1.807, 2.05) is 55.1 Å². The van der Waals surface area contributed by atoms with Gasteiger partial charge in [0, 0.05) is 25.2 Å². The summed E-state index contributed by atoms with van der Waals surface area (Å²) in [6.45, 7) is 6.59. The second-order valence-electron chi connectivity index (χ2n) is 10.6. The highest BCUT2D eigenvalue weighted by Crippen LogP contribution is 2.32. The molecule has 2 saturated heterocycles. The summed E-state index contributed by atoms with van der Waals surface area (Å²) in [5, 5.41) is 31.7. The minimum Gasteiger partial charge on any atom is -0.447 e. The second-order valence-corrected chi connectivity index (χ2v) is 10.6. The Morgan fingerprint density at radius 2 is 2.05 bits per heavy atom. The molecule has 0 aliphatic carbocycles. The molecule has 37 heavy (non-hydrogen) atoms. The number of nitriles is 1. The quantitative estimate of drug-likeness (QED) is 0.261. The van der Waals surface area contributed by atoms with E-state index in [9.17, 15) is 29.3 Å². The van der Waals surface area contributed by atoms with Crippen molar-refractivity contribution < 1.29 is 28.8 Å². The molecule has 1 aromatic rings. The zero-order valence-corrected chi connectivity index (χ0v) is 21.7. The molecule has 3 unspecified atom stereocenters. The number of nitrogens with one attached hydrogen (secondary N) is 1. The first-order valence-corrected chi connectivity index (χ1v) is 12.6. The number of alkyl halides is 1. The third-order valence-electron chi connectivity index (χ3n) is 7.26. The maximum absolute atomic E-state index is 13.7. The highest BCUT2D eigenvalue weighted by atomic mass is 19.1. The van der Waals surface area contributed by atoms with Gasteiger partial charge in [-0.25, -0.2) is 9.18 Å². The fraction of sp³-hybridized carbons (Fsp3) is 0.577. The van der Waals surface area contributed by atoms with Crippen LogP contribution in [-0.2, 0) is 16.0 Å². The normalized spacial score (nSPS) is 23.4. The van der Waals surface area contributed by atoms with Crippen molar-refractivity contribution in [3.63, 3.8) is 0 Å². The summed E-state index contributed by atoms with van der Waals surface area (Å²) < 4.78 is 19.2. The topological polar surface area (TPSA) is 126 Å². The number of hydrogen-bond donors (Lipinski definition) is 3. The predicted molar refractivity (Wildman–Crippen MR) is 137 cm³/mol. The minimum absolute atomic E-state index is 0.0313. The average molecular weight is 514 g/mol. The van der Waals surface area contributed by atoms with E-state index in [1.165, 1.54) is 0 Å². The standard InChI is InChI=1S/C26H36BFN4O5/c1-25(2,31-13-10-21(28)17-31)15-20(16-29)23(33)32-12-7-11-26(32,3)18-37-24(34)30-22(27(35)36)14-19-8-5-4-6-9-19/h4-6,8-9,15,21-22,35-36H,7,10-14,17-18H2,1-3H3,(H,30,34). The number of rotatable bonds is 9. The molecular weight excluding hydrogens is 478 g/mol. The number of carbonyl (C=O) groups is 2. The maximum Gasteiger partial charge on any atom is 0.475 e. The van der Waals surface area contributed by atoms with Crippen LogP contribution in [-0.4, -0.2) is 88.4 Å². The number of alkyl carbamates (subject to hydrolysis) is 1. The molecule has 2 aliphatic rings. The van der Waals surface area contributed by atoms with Gasteiger partial charge in [-0.15, -0.1) is 0 Å². The highest BCUT2D eigenvalue weighted by molar-refractivity contribution is 6.43. The summed E-state index contributed by atoms with van der Waals surface area (Å²) in [4.78, 5) is 29.4. The van der Waals surface area contributed by atoms with Gasteiger partial charge in [0.1, 0.15) is 24.4 Å². The Kier molecular flexibility index (Phi) is 9.34. The molecule has 2 aliphatic heterocycles. The van der Waals surface area contributed by atoms with Crippen LogP contribution < -0.4 is 5.32 Å². The van der Waals surface area contributed by atoms with Gasteiger partial charge in [0.05, 0.1) is 11.5 Å². The Morgan fingerprint density at radius 3 is 2.65 bits per heavy atom. The number of hydrogen-bond acceptors (Lipinski definition) is 7. The van der Waals surface area contributed by atoms with Gasteiger partial charge in [0.25, 0.3) is 5.91 Å². The Labute approximate surface area is 218 Å². The van der Waals surface area contributed by atoms with Crippen LogP contribution in [0.4, 0.5) is 9.18 Å². The molecule has 2 amide bonds. The summed E-state index contributed by atoms with van der Waals surface area (Å²) in [7, 11) is -1.79. The largest absolute Gasteiger partial charge is 0.475 e. The van der Waals surface area contributed by atoms with E-state index in [4.69, 9.17) is 4.74 Å². The molecule has 3 atom stereocenters. The monoisotopic (exact) mass is 514 g/mol. The lowest BCUT2D eigenvalue weighted by Gasteiger charge is -2.36. The number of halogens is 1. The van der Waals surface area contributed by atoms with Crippen molar-refractivity contribution in [2.75, 3.05) is 26.2 Å². The number of ether oxygens (including phenoxy) is 1. The summed E-state index contributed by atoms with van der Waals surface area (Å²) in [6, 6.07) is 11.1. The minimum atomic E-state index is -1.79. The van der Waals surface area contributed by atoms with Gasteiger partial charge < -0.3 is 25.0 Å².